The van der Waals surface area contributed by atoms with Crippen molar-refractivity contribution >= 4 is 0 Å². The summed E-state index contributed by atoms with van der Waals surface area (Å²) in [5.41, 5.74) is 3.78. The third kappa shape index (κ3) is 2.35. The molecular formula is C21H28NO3+. The molecule has 3 aliphatic rings. The van der Waals surface area contributed by atoms with E-state index < -0.39 is 6.10 Å². The fourth-order valence-electron chi connectivity index (χ4n) is 4.96. The molecule has 1 N–H and O–H groups in total. The van der Waals surface area contributed by atoms with E-state index in [1.54, 1.807) is 7.11 Å². The predicted octanol–water partition coefficient (Wildman–Crippen LogP) is 2.86. The highest BCUT2D eigenvalue weighted by Crippen LogP contribution is 2.57. The van der Waals surface area contributed by atoms with E-state index in [0.717, 1.165) is 42.0 Å². The Morgan fingerprint density at radius 1 is 1.52 bits per heavy atom. The van der Waals surface area contributed by atoms with Gasteiger partial charge in [-0.15, -0.1) is 0 Å². The van der Waals surface area contributed by atoms with Crippen molar-refractivity contribution in [1.82, 2.24) is 0 Å². The summed E-state index contributed by atoms with van der Waals surface area (Å²) < 4.78 is 13.0. The molecule has 0 radical (unpaired) electrons. The van der Waals surface area contributed by atoms with Gasteiger partial charge in [-0.3, -0.25) is 0 Å². The first-order valence-corrected chi connectivity index (χ1v) is 9.12. The Balaban J connectivity index is 1.96. The van der Waals surface area contributed by atoms with E-state index in [1.165, 1.54) is 16.7 Å². The van der Waals surface area contributed by atoms with Gasteiger partial charge in [0.2, 0.25) is 0 Å². The van der Waals surface area contributed by atoms with E-state index in [9.17, 15) is 5.11 Å². The van der Waals surface area contributed by atoms with Crippen molar-refractivity contribution < 1.29 is 19.1 Å². The Morgan fingerprint density at radius 2 is 2.32 bits per heavy atom. The molecule has 4 nitrogen and oxygen atoms in total. The molecule has 0 bridgehead atoms. The Kier molecular flexibility index (Phi) is 3.74. The molecule has 1 spiro atoms. The highest BCUT2D eigenvalue weighted by Gasteiger charge is 2.55. The highest BCUT2D eigenvalue weighted by atomic mass is 16.5. The highest BCUT2D eigenvalue weighted by molar-refractivity contribution is 5.63. The van der Waals surface area contributed by atoms with Gasteiger partial charge in [-0.1, -0.05) is 18.7 Å². The molecule has 0 fully saturated rings. The molecule has 1 aromatic carbocycles. The maximum atomic E-state index is 10.2. The number of benzene rings is 1. The molecule has 4 heteroatoms. The van der Waals surface area contributed by atoms with Crippen molar-refractivity contribution in [3.8, 4) is 11.5 Å². The van der Waals surface area contributed by atoms with E-state index in [0.29, 0.717) is 6.42 Å². The molecule has 2 heterocycles. The number of hydrogen-bond acceptors (Lipinski definition) is 3. The van der Waals surface area contributed by atoms with Gasteiger partial charge in [0.15, 0.2) is 11.5 Å². The zero-order valence-electron chi connectivity index (χ0n) is 15.4. The van der Waals surface area contributed by atoms with Crippen LogP contribution >= 0.6 is 0 Å². The second-order valence-corrected chi connectivity index (χ2v) is 8.11. The lowest BCUT2D eigenvalue weighted by Crippen LogP contribution is -2.47. The maximum absolute atomic E-state index is 10.2. The van der Waals surface area contributed by atoms with Crippen LogP contribution in [0.3, 0.4) is 0 Å². The molecule has 0 aromatic heterocycles. The average Bonchev–Trinajstić information content (AvgIpc) is 2.83. The summed E-state index contributed by atoms with van der Waals surface area (Å²) >= 11 is 0. The van der Waals surface area contributed by atoms with E-state index in [1.807, 2.05) is 12.2 Å². The molecule has 0 saturated heterocycles. The summed E-state index contributed by atoms with van der Waals surface area (Å²) in [4.78, 5) is 0. The number of methoxy groups -OCH3 is 1. The molecular weight excluding hydrogens is 314 g/mol. The third-order valence-electron chi connectivity index (χ3n) is 6.34. The van der Waals surface area contributed by atoms with Gasteiger partial charge < -0.3 is 19.1 Å². The number of nitrogens with zero attached hydrogens (tertiary/aromatic N) is 1. The lowest BCUT2D eigenvalue weighted by molar-refractivity contribution is -0.917. The Labute approximate surface area is 149 Å². The van der Waals surface area contributed by atoms with Gasteiger partial charge in [0.1, 0.15) is 12.6 Å². The molecule has 4 rings (SSSR count). The van der Waals surface area contributed by atoms with Gasteiger partial charge in [0, 0.05) is 24.0 Å². The van der Waals surface area contributed by atoms with Gasteiger partial charge in [-0.2, -0.15) is 0 Å². The number of rotatable bonds is 3. The normalized spacial score (nSPS) is 35.4. The van der Waals surface area contributed by atoms with Crippen LogP contribution in [0.1, 0.15) is 29.5 Å². The van der Waals surface area contributed by atoms with Crippen LogP contribution in [0.5, 0.6) is 11.5 Å². The molecule has 0 amide bonds. The van der Waals surface area contributed by atoms with Gasteiger partial charge in [-0.05, 0) is 24.6 Å². The van der Waals surface area contributed by atoms with Crippen molar-refractivity contribution in [3.05, 3.63) is 47.6 Å². The first-order valence-electron chi connectivity index (χ1n) is 9.12. The quantitative estimate of drug-likeness (QED) is 0.678. The fourth-order valence-corrected chi connectivity index (χ4v) is 4.96. The molecule has 25 heavy (non-hydrogen) atoms. The zero-order valence-corrected chi connectivity index (χ0v) is 15.4. The van der Waals surface area contributed by atoms with Crippen molar-refractivity contribution in [3.63, 3.8) is 0 Å². The van der Waals surface area contributed by atoms with Crippen LogP contribution in [-0.2, 0) is 12.0 Å². The average molecular weight is 342 g/mol. The molecule has 2 aliphatic heterocycles. The SMILES string of the molecule is C=CC[N+]1(C)CCC23C=C[C@@H](O)C[C@H]2Oc2c(OC)cc(C)c(c23)C1. The first kappa shape index (κ1) is 16.7. The number of ether oxygens (including phenoxy) is 2. The number of aliphatic hydroxyl groups is 1. The smallest absolute Gasteiger partial charge is 0.166 e. The zero-order chi connectivity index (χ0) is 17.8. The number of likely N-dealkylation sites (N-methyl/N-ethyl adjacent to an activating group) is 1. The van der Waals surface area contributed by atoms with Crippen LogP contribution in [0.4, 0.5) is 0 Å². The van der Waals surface area contributed by atoms with E-state index in [-0.39, 0.29) is 11.5 Å². The third-order valence-corrected chi connectivity index (χ3v) is 6.34. The Morgan fingerprint density at radius 3 is 3.04 bits per heavy atom. The summed E-state index contributed by atoms with van der Waals surface area (Å²) in [6.45, 7) is 9.12. The molecule has 4 atom stereocenters. The molecule has 1 aromatic rings. The number of aryl methyl sites for hydroxylation is 1. The summed E-state index contributed by atoms with van der Waals surface area (Å²) in [5.74, 6) is 1.70. The van der Waals surface area contributed by atoms with Crippen molar-refractivity contribution in [2.75, 3.05) is 27.2 Å². The van der Waals surface area contributed by atoms with E-state index >= 15 is 0 Å². The molecule has 134 valence electrons. The van der Waals surface area contributed by atoms with E-state index in [2.05, 4.69) is 32.7 Å². The summed E-state index contributed by atoms with van der Waals surface area (Å²) in [7, 11) is 4.02. The van der Waals surface area contributed by atoms with Gasteiger partial charge in [0.05, 0.1) is 38.8 Å². The van der Waals surface area contributed by atoms with E-state index in [4.69, 9.17) is 9.47 Å². The Bertz CT molecular complexity index is 756. The largest absolute Gasteiger partial charge is 0.493 e. The van der Waals surface area contributed by atoms with Crippen LogP contribution in [0.25, 0.3) is 0 Å². The van der Waals surface area contributed by atoms with Crippen LogP contribution in [-0.4, -0.2) is 49.0 Å². The fraction of sp³-hybridized carbons (Fsp3) is 0.524. The molecule has 1 aliphatic carbocycles. The van der Waals surface area contributed by atoms with Crippen LogP contribution in [0, 0.1) is 6.92 Å². The van der Waals surface area contributed by atoms with Gasteiger partial charge in [0.25, 0.3) is 0 Å². The summed E-state index contributed by atoms with van der Waals surface area (Å²) in [6, 6.07) is 2.10. The van der Waals surface area contributed by atoms with Crippen molar-refractivity contribution in [1.29, 1.82) is 0 Å². The predicted molar refractivity (Wildman–Crippen MR) is 98.0 cm³/mol. The monoisotopic (exact) mass is 342 g/mol. The minimum absolute atomic E-state index is 0.0211. The minimum Gasteiger partial charge on any atom is -0.493 e. The topological polar surface area (TPSA) is 38.7 Å². The maximum Gasteiger partial charge on any atom is 0.166 e. The standard InChI is InChI=1S/C21H28NO3/c1-5-9-22(3)10-8-21-7-6-15(23)12-18(21)25-20-17(24-4)11-14(2)16(13-22)19(20)21/h5-7,11,15,18,23H,1,8-10,12-13H2,2-4H3/q+1/t15-,18-,21?,22?/m1/s1. The lowest BCUT2D eigenvalue weighted by Gasteiger charge is -2.37. The van der Waals surface area contributed by atoms with Gasteiger partial charge in [-0.25, -0.2) is 0 Å². The van der Waals surface area contributed by atoms with Crippen molar-refractivity contribution in [2.24, 2.45) is 0 Å². The number of hydrogen-bond donors (Lipinski definition) is 1. The minimum atomic E-state index is -0.433. The van der Waals surface area contributed by atoms with Crippen LogP contribution in [0.2, 0.25) is 0 Å². The lowest BCUT2D eigenvalue weighted by atomic mass is 9.68. The van der Waals surface area contributed by atoms with Crippen LogP contribution in [0.15, 0.2) is 30.9 Å². The molecule has 0 saturated carbocycles. The summed E-state index contributed by atoms with van der Waals surface area (Å²) in [5, 5.41) is 10.2. The number of quaternary nitrogens is 1. The van der Waals surface area contributed by atoms with Gasteiger partial charge >= 0.3 is 0 Å². The number of aliphatic hydroxyl groups excluding tert-OH is 1. The second kappa shape index (κ2) is 5.61. The molecule has 2 unspecified atom stereocenters. The second-order valence-electron chi connectivity index (χ2n) is 8.11. The Hall–Kier alpha value is -1.78. The van der Waals surface area contributed by atoms with Crippen LogP contribution < -0.4 is 9.47 Å². The van der Waals surface area contributed by atoms with Crippen molar-refractivity contribution in [2.45, 2.75) is 43.9 Å². The first-order chi connectivity index (χ1) is 11.9. The summed E-state index contributed by atoms with van der Waals surface area (Å²) in [6.07, 6.45) is 7.39.